The molecule has 0 unspecified atom stereocenters. The molecule has 3 aromatic rings. The van der Waals surface area contributed by atoms with Gasteiger partial charge in [-0.2, -0.15) is 4.98 Å². The van der Waals surface area contributed by atoms with Gasteiger partial charge in [0.15, 0.2) is 0 Å². The summed E-state index contributed by atoms with van der Waals surface area (Å²) in [4.78, 5) is 11.3. The lowest BCUT2D eigenvalue weighted by Gasteiger charge is -2.15. The summed E-state index contributed by atoms with van der Waals surface area (Å²) in [6.45, 7) is 3.11. The van der Waals surface area contributed by atoms with Crippen LogP contribution in [0.25, 0.3) is 11.1 Å². The summed E-state index contributed by atoms with van der Waals surface area (Å²) in [6.07, 6.45) is 8.44. The molecule has 28 heavy (non-hydrogen) atoms. The average molecular weight is 371 g/mol. The van der Waals surface area contributed by atoms with Crippen LogP contribution in [-0.2, 0) is 0 Å². The molecule has 0 saturated heterocycles. The maximum Gasteiger partial charge on any atom is 0.229 e. The standard InChI is InChI=1S/C23H25N5/c1-2-8-19(9-3-1)20-10-6-11-21(18-20)26-23-25-14-12-22(27-23)24-13-7-17-28-15-4-5-16-28/h1-4,6,8-12,14-15,18H,5,7,13,16-17H2,(H2,24,25,26,27). The van der Waals surface area contributed by atoms with Gasteiger partial charge in [0.2, 0.25) is 5.95 Å². The fourth-order valence-electron chi connectivity index (χ4n) is 3.28. The monoisotopic (exact) mass is 371 g/mol. The Morgan fingerprint density at radius 1 is 0.964 bits per heavy atom. The van der Waals surface area contributed by atoms with E-state index in [2.05, 4.69) is 62.0 Å². The van der Waals surface area contributed by atoms with E-state index in [4.69, 9.17) is 0 Å². The summed E-state index contributed by atoms with van der Waals surface area (Å²) in [5, 5.41) is 6.70. The van der Waals surface area contributed by atoms with Crippen LogP contribution in [0.5, 0.6) is 0 Å². The molecule has 0 amide bonds. The number of benzene rings is 2. The molecule has 0 aliphatic carbocycles. The van der Waals surface area contributed by atoms with E-state index in [0.717, 1.165) is 43.1 Å². The average Bonchev–Trinajstić information content (AvgIpc) is 3.26. The predicted octanol–water partition coefficient (Wildman–Crippen LogP) is 4.91. The van der Waals surface area contributed by atoms with Crippen molar-refractivity contribution in [1.29, 1.82) is 0 Å². The van der Waals surface area contributed by atoms with E-state index in [1.165, 1.54) is 12.0 Å². The minimum Gasteiger partial charge on any atom is -0.377 e. The lowest BCUT2D eigenvalue weighted by molar-refractivity contribution is 0.403. The van der Waals surface area contributed by atoms with Gasteiger partial charge >= 0.3 is 0 Å². The lowest BCUT2D eigenvalue weighted by Crippen LogP contribution is -2.18. The Bertz CT molecular complexity index is 923. The lowest BCUT2D eigenvalue weighted by atomic mass is 10.1. The molecular formula is C23H25N5. The van der Waals surface area contributed by atoms with Gasteiger partial charge < -0.3 is 15.5 Å². The molecule has 1 aliphatic heterocycles. The second-order valence-electron chi connectivity index (χ2n) is 6.83. The highest BCUT2D eigenvalue weighted by molar-refractivity contribution is 5.69. The van der Waals surface area contributed by atoms with Crippen molar-refractivity contribution in [3.05, 3.63) is 79.1 Å². The van der Waals surface area contributed by atoms with Crippen LogP contribution >= 0.6 is 0 Å². The van der Waals surface area contributed by atoms with Gasteiger partial charge in [-0.3, -0.25) is 0 Å². The number of aromatic nitrogens is 2. The zero-order valence-corrected chi connectivity index (χ0v) is 15.9. The van der Waals surface area contributed by atoms with E-state index in [1.54, 1.807) is 6.20 Å². The van der Waals surface area contributed by atoms with Crippen LogP contribution in [0.4, 0.5) is 17.5 Å². The maximum absolute atomic E-state index is 4.58. The van der Waals surface area contributed by atoms with E-state index < -0.39 is 0 Å². The quantitative estimate of drug-likeness (QED) is 0.551. The van der Waals surface area contributed by atoms with Crippen molar-refractivity contribution in [2.45, 2.75) is 12.8 Å². The highest BCUT2D eigenvalue weighted by atomic mass is 15.1. The summed E-state index contributed by atoms with van der Waals surface area (Å²) in [7, 11) is 0. The van der Waals surface area contributed by atoms with Gasteiger partial charge in [-0.25, -0.2) is 4.98 Å². The van der Waals surface area contributed by atoms with E-state index in [-0.39, 0.29) is 0 Å². The number of hydrogen-bond donors (Lipinski definition) is 2. The minimum atomic E-state index is 0.595. The fraction of sp³-hybridized carbons (Fsp3) is 0.217. The van der Waals surface area contributed by atoms with E-state index in [1.807, 2.05) is 36.4 Å². The molecule has 0 saturated carbocycles. The predicted molar refractivity (Wildman–Crippen MR) is 116 cm³/mol. The van der Waals surface area contributed by atoms with Gasteiger partial charge in [-0.05, 0) is 48.4 Å². The fourth-order valence-corrected chi connectivity index (χ4v) is 3.28. The first-order valence-corrected chi connectivity index (χ1v) is 9.77. The van der Waals surface area contributed by atoms with Crippen molar-refractivity contribution in [2.24, 2.45) is 0 Å². The molecule has 2 aromatic carbocycles. The summed E-state index contributed by atoms with van der Waals surface area (Å²) in [6, 6.07) is 20.5. The van der Waals surface area contributed by atoms with Crippen molar-refractivity contribution in [3.63, 3.8) is 0 Å². The third-order valence-corrected chi connectivity index (χ3v) is 4.71. The second-order valence-corrected chi connectivity index (χ2v) is 6.83. The SMILES string of the molecule is C1=CN(CCCNc2ccnc(Nc3cccc(-c4ccccc4)c3)n2)CC1. The van der Waals surface area contributed by atoms with Crippen LogP contribution in [-0.4, -0.2) is 34.5 Å². The van der Waals surface area contributed by atoms with Gasteiger partial charge in [0.25, 0.3) is 0 Å². The molecule has 2 heterocycles. The Kier molecular flexibility index (Phi) is 5.83. The maximum atomic E-state index is 4.58. The Morgan fingerprint density at radius 3 is 2.71 bits per heavy atom. The third kappa shape index (κ3) is 4.88. The first-order valence-electron chi connectivity index (χ1n) is 9.77. The van der Waals surface area contributed by atoms with Gasteiger partial charge in [-0.15, -0.1) is 0 Å². The van der Waals surface area contributed by atoms with Crippen LogP contribution in [0, 0.1) is 0 Å². The van der Waals surface area contributed by atoms with Crippen LogP contribution in [0.1, 0.15) is 12.8 Å². The van der Waals surface area contributed by atoms with E-state index in [0.29, 0.717) is 5.95 Å². The van der Waals surface area contributed by atoms with Crippen molar-refractivity contribution < 1.29 is 0 Å². The largest absolute Gasteiger partial charge is 0.377 e. The molecule has 5 nitrogen and oxygen atoms in total. The number of anilines is 3. The molecule has 5 heteroatoms. The molecule has 142 valence electrons. The van der Waals surface area contributed by atoms with Crippen LogP contribution < -0.4 is 10.6 Å². The molecule has 2 N–H and O–H groups in total. The van der Waals surface area contributed by atoms with Crippen molar-refractivity contribution in [2.75, 3.05) is 30.3 Å². The topological polar surface area (TPSA) is 53.1 Å². The first kappa shape index (κ1) is 18.0. The Morgan fingerprint density at radius 2 is 1.86 bits per heavy atom. The number of nitrogens with one attached hydrogen (secondary N) is 2. The van der Waals surface area contributed by atoms with Crippen molar-refractivity contribution in [1.82, 2.24) is 14.9 Å². The second kappa shape index (κ2) is 9.04. The number of rotatable bonds is 8. The zero-order chi connectivity index (χ0) is 19.0. The molecular weight excluding hydrogens is 346 g/mol. The Balaban J connectivity index is 1.35. The molecule has 0 fully saturated rings. The highest BCUT2D eigenvalue weighted by Crippen LogP contribution is 2.23. The van der Waals surface area contributed by atoms with Crippen molar-refractivity contribution in [3.8, 4) is 11.1 Å². The molecule has 1 aromatic heterocycles. The summed E-state index contributed by atoms with van der Waals surface area (Å²) < 4.78 is 0. The van der Waals surface area contributed by atoms with E-state index >= 15 is 0 Å². The molecule has 0 atom stereocenters. The van der Waals surface area contributed by atoms with Gasteiger partial charge in [-0.1, -0.05) is 48.5 Å². The normalized spacial score (nSPS) is 12.9. The van der Waals surface area contributed by atoms with Gasteiger partial charge in [0, 0.05) is 31.5 Å². The smallest absolute Gasteiger partial charge is 0.229 e. The highest BCUT2D eigenvalue weighted by Gasteiger charge is 2.04. The Labute approximate surface area is 166 Å². The minimum absolute atomic E-state index is 0.595. The summed E-state index contributed by atoms with van der Waals surface area (Å²) in [5.41, 5.74) is 3.32. The molecule has 0 bridgehead atoms. The summed E-state index contributed by atoms with van der Waals surface area (Å²) in [5.74, 6) is 1.44. The van der Waals surface area contributed by atoms with Crippen molar-refractivity contribution >= 4 is 17.5 Å². The van der Waals surface area contributed by atoms with E-state index in [9.17, 15) is 0 Å². The van der Waals surface area contributed by atoms with Crippen LogP contribution in [0.2, 0.25) is 0 Å². The molecule has 0 radical (unpaired) electrons. The van der Waals surface area contributed by atoms with Gasteiger partial charge in [0.1, 0.15) is 5.82 Å². The van der Waals surface area contributed by atoms with Crippen LogP contribution in [0.3, 0.4) is 0 Å². The molecule has 4 rings (SSSR count). The molecule has 0 spiro atoms. The zero-order valence-electron chi connectivity index (χ0n) is 15.9. The number of nitrogens with zero attached hydrogens (tertiary/aromatic N) is 3. The Hall–Kier alpha value is -3.34. The summed E-state index contributed by atoms with van der Waals surface area (Å²) >= 11 is 0. The molecule has 1 aliphatic rings. The first-order chi connectivity index (χ1) is 13.9. The number of hydrogen-bond acceptors (Lipinski definition) is 5. The van der Waals surface area contributed by atoms with Crippen LogP contribution in [0.15, 0.2) is 79.1 Å². The van der Waals surface area contributed by atoms with Gasteiger partial charge in [0.05, 0.1) is 0 Å². The third-order valence-electron chi connectivity index (χ3n) is 4.71.